The zero-order valence-electron chi connectivity index (χ0n) is 20.6. The first-order valence-corrected chi connectivity index (χ1v) is 12.6. The van der Waals surface area contributed by atoms with Gasteiger partial charge in [0.05, 0.1) is 36.3 Å². The monoisotopic (exact) mass is 521 g/mol. The van der Waals surface area contributed by atoms with Crippen LogP contribution < -0.4 is 21.3 Å². The lowest BCUT2D eigenvalue weighted by molar-refractivity contribution is 0.101. The first kappa shape index (κ1) is 25.2. The standard InChI is InChI=1S/C25H28FN9O3/c26-18-13-28-10-8-19(18)33-24(36)21-14-29-23-20(30-15-2-3-15)12-22(34-35(21)23)31-16-4-6-17(7-5-16)32-25(37)38-11-1-9-27/h8,10,12-17,30H,1-7,11H2,(H,31,34)(H,32,37)(H,28,33,36)/t16-,17-. The fraction of sp³-hybridized carbons (Fsp3) is 0.440. The van der Waals surface area contributed by atoms with E-state index in [2.05, 4.69) is 36.3 Å². The molecule has 3 aromatic rings. The number of halogens is 1. The van der Waals surface area contributed by atoms with Crippen LogP contribution in [0.4, 0.5) is 26.4 Å². The minimum absolute atomic E-state index is 0.00250. The molecule has 0 unspecified atom stereocenters. The van der Waals surface area contributed by atoms with Crippen LogP contribution in [0.5, 0.6) is 0 Å². The summed E-state index contributed by atoms with van der Waals surface area (Å²) in [6.45, 7) is 0.0797. The van der Waals surface area contributed by atoms with Gasteiger partial charge in [-0.3, -0.25) is 9.78 Å². The van der Waals surface area contributed by atoms with E-state index in [9.17, 15) is 14.0 Å². The summed E-state index contributed by atoms with van der Waals surface area (Å²) in [5.41, 5.74) is 1.45. The fourth-order valence-electron chi connectivity index (χ4n) is 4.40. The Hall–Kier alpha value is -4.47. The number of ether oxygens (including phenoxy) is 1. The largest absolute Gasteiger partial charge is 0.448 e. The normalized spacial score (nSPS) is 18.8. The molecule has 0 saturated heterocycles. The smallest absolute Gasteiger partial charge is 0.407 e. The second-order valence-electron chi connectivity index (χ2n) is 9.43. The highest BCUT2D eigenvalue weighted by molar-refractivity contribution is 6.03. The number of nitrogens with one attached hydrogen (secondary N) is 4. The molecule has 2 fully saturated rings. The number of hydrogen-bond acceptors (Lipinski definition) is 9. The van der Waals surface area contributed by atoms with Crippen LogP contribution in [0.1, 0.15) is 55.4 Å². The molecule has 2 aliphatic rings. The van der Waals surface area contributed by atoms with Gasteiger partial charge in [-0.1, -0.05) is 0 Å². The predicted octanol–water partition coefficient (Wildman–Crippen LogP) is 3.45. The molecule has 2 aliphatic carbocycles. The van der Waals surface area contributed by atoms with E-state index in [4.69, 9.17) is 10.00 Å². The predicted molar refractivity (Wildman–Crippen MR) is 136 cm³/mol. The van der Waals surface area contributed by atoms with Gasteiger partial charge >= 0.3 is 6.09 Å². The molecule has 3 aromatic heterocycles. The van der Waals surface area contributed by atoms with E-state index in [0.29, 0.717) is 17.5 Å². The number of imidazole rings is 1. The third kappa shape index (κ3) is 6.08. The van der Waals surface area contributed by atoms with E-state index in [0.717, 1.165) is 50.4 Å². The van der Waals surface area contributed by atoms with Gasteiger partial charge in [0.15, 0.2) is 17.2 Å². The molecule has 0 aliphatic heterocycles. The van der Waals surface area contributed by atoms with Crippen LogP contribution in [0.15, 0.2) is 30.7 Å². The molecular weight excluding hydrogens is 493 g/mol. The van der Waals surface area contributed by atoms with E-state index in [-0.39, 0.29) is 36.5 Å². The number of carbonyl (C=O) groups is 2. The van der Waals surface area contributed by atoms with Crippen molar-refractivity contribution in [2.75, 3.05) is 22.6 Å². The van der Waals surface area contributed by atoms with Gasteiger partial charge in [-0.05, 0) is 44.6 Å². The van der Waals surface area contributed by atoms with Crippen LogP contribution in [0.25, 0.3) is 5.65 Å². The van der Waals surface area contributed by atoms with Crippen molar-refractivity contribution in [3.8, 4) is 6.07 Å². The highest BCUT2D eigenvalue weighted by Gasteiger charge is 2.26. The van der Waals surface area contributed by atoms with Crippen molar-refractivity contribution < 1.29 is 18.7 Å². The summed E-state index contributed by atoms with van der Waals surface area (Å²) in [6, 6.07) is 5.68. The molecule has 2 saturated carbocycles. The minimum Gasteiger partial charge on any atom is -0.448 e. The first-order valence-electron chi connectivity index (χ1n) is 12.6. The van der Waals surface area contributed by atoms with Gasteiger partial charge in [0.2, 0.25) is 0 Å². The second-order valence-corrected chi connectivity index (χ2v) is 9.43. The van der Waals surface area contributed by atoms with Crippen molar-refractivity contribution in [2.24, 2.45) is 0 Å². The Kier molecular flexibility index (Phi) is 7.48. The lowest BCUT2D eigenvalue weighted by atomic mass is 9.91. The number of amides is 2. The molecule has 13 heteroatoms. The average molecular weight is 522 g/mol. The van der Waals surface area contributed by atoms with Crippen LogP contribution in [0.3, 0.4) is 0 Å². The van der Waals surface area contributed by atoms with E-state index < -0.39 is 17.8 Å². The molecule has 0 bridgehead atoms. The molecule has 4 N–H and O–H groups in total. The number of hydrogen-bond donors (Lipinski definition) is 4. The van der Waals surface area contributed by atoms with Gasteiger partial charge in [-0.25, -0.2) is 18.7 Å². The number of carbonyl (C=O) groups excluding carboxylic acids is 2. The molecule has 38 heavy (non-hydrogen) atoms. The van der Waals surface area contributed by atoms with Crippen molar-refractivity contribution in [3.63, 3.8) is 0 Å². The Labute approximate surface area is 218 Å². The first-order chi connectivity index (χ1) is 18.5. The third-order valence-corrected chi connectivity index (χ3v) is 6.51. The highest BCUT2D eigenvalue weighted by Crippen LogP contribution is 2.30. The highest BCUT2D eigenvalue weighted by atomic mass is 19.1. The fourth-order valence-corrected chi connectivity index (χ4v) is 4.40. The third-order valence-electron chi connectivity index (χ3n) is 6.51. The number of rotatable bonds is 9. The topological polar surface area (TPSA) is 158 Å². The summed E-state index contributed by atoms with van der Waals surface area (Å²) in [7, 11) is 0. The van der Waals surface area contributed by atoms with Crippen LogP contribution in [-0.2, 0) is 4.74 Å². The molecule has 5 rings (SSSR count). The number of aromatic nitrogens is 4. The molecule has 0 atom stereocenters. The summed E-state index contributed by atoms with van der Waals surface area (Å²) in [5.74, 6) is -0.602. The van der Waals surface area contributed by atoms with Crippen molar-refractivity contribution in [2.45, 2.75) is 63.1 Å². The molecule has 3 heterocycles. The van der Waals surface area contributed by atoms with Crippen LogP contribution >= 0.6 is 0 Å². The number of nitrogens with zero attached hydrogens (tertiary/aromatic N) is 5. The Balaban J connectivity index is 1.28. The Morgan fingerprint density at radius 1 is 1.08 bits per heavy atom. The maximum atomic E-state index is 14.0. The summed E-state index contributed by atoms with van der Waals surface area (Å²) in [4.78, 5) is 33.0. The molecule has 2 amide bonds. The SMILES string of the molecule is N#CCCOC(=O)N[C@H]1CC[C@H](Nc2cc(NC3CC3)c3ncc(C(=O)Nc4ccncc4F)n3n2)CC1. The number of fused-ring (bicyclic) bond motifs is 1. The van der Waals surface area contributed by atoms with Crippen LogP contribution in [0.2, 0.25) is 0 Å². The van der Waals surface area contributed by atoms with Gasteiger partial charge in [0.1, 0.15) is 12.4 Å². The number of anilines is 3. The molecule has 0 aromatic carbocycles. The lowest BCUT2D eigenvalue weighted by Crippen LogP contribution is -2.40. The van der Waals surface area contributed by atoms with E-state index in [1.165, 1.54) is 23.0 Å². The van der Waals surface area contributed by atoms with Gasteiger partial charge < -0.3 is 26.0 Å². The summed E-state index contributed by atoms with van der Waals surface area (Å²) < 4.78 is 20.5. The molecule has 0 radical (unpaired) electrons. The molecule has 0 spiro atoms. The minimum atomic E-state index is -0.637. The Morgan fingerprint density at radius 2 is 1.82 bits per heavy atom. The van der Waals surface area contributed by atoms with Crippen molar-refractivity contribution >= 4 is 34.8 Å². The number of nitriles is 1. The molecule has 198 valence electrons. The van der Waals surface area contributed by atoms with Crippen molar-refractivity contribution in [3.05, 3.63) is 42.2 Å². The summed E-state index contributed by atoms with van der Waals surface area (Å²) in [5, 5.41) is 25.5. The zero-order valence-corrected chi connectivity index (χ0v) is 20.6. The number of alkyl carbamates (subject to hydrolysis) is 1. The van der Waals surface area contributed by atoms with E-state index >= 15 is 0 Å². The Bertz CT molecular complexity index is 1360. The van der Waals surface area contributed by atoms with Crippen LogP contribution in [-0.4, -0.2) is 56.3 Å². The maximum absolute atomic E-state index is 14.0. The van der Waals surface area contributed by atoms with Crippen molar-refractivity contribution in [1.82, 2.24) is 24.9 Å². The van der Waals surface area contributed by atoms with Gasteiger partial charge in [-0.2, -0.15) is 5.26 Å². The van der Waals surface area contributed by atoms with Gasteiger partial charge in [0.25, 0.3) is 5.91 Å². The second kappa shape index (κ2) is 11.3. The maximum Gasteiger partial charge on any atom is 0.407 e. The quantitative estimate of drug-likeness (QED) is 0.309. The molecule has 12 nitrogen and oxygen atoms in total. The van der Waals surface area contributed by atoms with Gasteiger partial charge in [0, 0.05) is 30.4 Å². The van der Waals surface area contributed by atoms with Gasteiger partial charge in [-0.15, -0.1) is 5.10 Å². The van der Waals surface area contributed by atoms with Crippen LogP contribution in [0, 0.1) is 17.1 Å². The summed E-state index contributed by atoms with van der Waals surface area (Å²) in [6.07, 6.45) is 8.75. The zero-order chi connectivity index (χ0) is 26.5. The lowest BCUT2D eigenvalue weighted by Gasteiger charge is -2.29. The van der Waals surface area contributed by atoms with Crippen molar-refractivity contribution in [1.29, 1.82) is 5.26 Å². The number of pyridine rings is 1. The summed E-state index contributed by atoms with van der Waals surface area (Å²) >= 11 is 0. The van der Waals surface area contributed by atoms with E-state index in [1.54, 1.807) is 0 Å². The van der Waals surface area contributed by atoms with E-state index in [1.807, 2.05) is 12.1 Å². The average Bonchev–Trinajstić information content (AvgIpc) is 3.62. The molecular formula is C25H28FN9O3. The Morgan fingerprint density at radius 3 is 2.55 bits per heavy atom.